The Morgan fingerprint density at radius 1 is 0.939 bits per heavy atom. The van der Waals surface area contributed by atoms with Gasteiger partial charge in [-0.1, -0.05) is 30.3 Å². The van der Waals surface area contributed by atoms with Crippen LogP contribution in [0.25, 0.3) is 5.69 Å². The van der Waals surface area contributed by atoms with Crippen molar-refractivity contribution in [3.8, 4) is 22.9 Å². The number of aromatic nitrogens is 2. The average molecular weight is 458 g/mol. The zero-order valence-electron chi connectivity index (χ0n) is 18.2. The molecule has 1 amide bonds. The third kappa shape index (κ3) is 4.73. The Hall–Kier alpha value is -3.71. The van der Waals surface area contributed by atoms with Gasteiger partial charge in [-0.05, 0) is 54.1 Å². The molecule has 4 aromatic rings. The molecule has 2 heterocycles. The molecule has 0 bridgehead atoms. The minimum Gasteiger partial charge on any atom is -0.497 e. The second-order valence-corrected chi connectivity index (χ2v) is 8.65. The van der Waals surface area contributed by atoms with E-state index in [1.54, 1.807) is 18.9 Å². The van der Waals surface area contributed by atoms with Crippen molar-refractivity contribution in [1.29, 1.82) is 0 Å². The first-order chi connectivity index (χ1) is 16.2. The summed E-state index contributed by atoms with van der Waals surface area (Å²) < 4.78 is 12.9. The number of benzene rings is 3. The Bertz CT molecular complexity index is 1250. The summed E-state index contributed by atoms with van der Waals surface area (Å²) in [7, 11) is 1.63. The van der Waals surface area contributed by atoms with Crippen molar-refractivity contribution in [2.75, 3.05) is 12.4 Å². The van der Waals surface area contributed by atoms with E-state index in [0.29, 0.717) is 0 Å². The number of para-hydroxylation sites is 1. The molecule has 0 aliphatic carbocycles. The van der Waals surface area contributed by atoms with Crippen molar-refractivity contribution >= 4 is 23.5 Å². The van der Waals surface area contributed by atoms with E-state index in [4.69, 9.17) is 14.6 Å². The first kappa shape index (κ1) is 21.2. The molecular weight excluding hydrogens is 434 g/mol. The fraction of sp³-hybridized carbons (Fsp3) is 0.154. The maximum Gasteiger partial charge on any atom is 0.229 e. The number of anilines is 1. The van der Waals surface area contributed by atoms with Crippen LogP contribution in [0, 0.1) is 0 Å². The highest BCUT2D eigenvalue weighted by molar-refractivity contribution is 7.98. The zero-order valence-corrected chi connectivity index (χ0v) is 19.0. The number of amides is 1. The van der Waals surface area contributed by atoms with Crippen LogP contribution in [0.2, 0.25) is 0 Å². The number of nitrogens with zero attached hydrogens (tertiary/aromatic N) is 2. The van der Waals surface area contributed by atoms with E-state index < -0.39 is 0 Å². The van der Waals surface area contributed by atoms with Gasteiger partial charge in [0.25, 0.3) is 0 Å². The zero-order chi connectivity index (χ0) is 22.6. The molecule has 0 spiro atoms. The number of carbonyl (C=O) groups excluding carboxylic acids is 1. The first-order valence-electron chi connectivity index (χ1n) is 10.6. The standard InChI is InChI=1S/C26H23N3O3S/c1-31-20-11-7-18(8-12-20)15-25(30)27-26-23-16-33-17-24(23)28-29(26)19-9-13-22(14-10-19)32-21-5-3-2-4-6-21/h2-14H,15-17H2,1H3,(H,27,30). The van der Waals surface area contributed by atoms with Crippen molar-refractivity contribution < 1.29 is 14.3 Å². The molecule has 0 unspecified atom stereocenters. The summed E-state index contributed by atoms with van der Waals surface area (Å²) in [5.41, 5.74) is 3.90. The van der Waals surface area contributed by atoms with Crippen molar-refractivity contribution in [3.63, 3.8) is 0 Å². The van der Waals surface area contributed by atoms with Crippen LogP contribution < -0.4 is 14.8 Å². The summed E-state index contributed by atoms with van der Waals surface area (Å²) in [5, 5.41) is 7.89. The first-order valence-corrected chi connectivity index (χ1v) is 11.8. The van der Waals surface area contributed by atoms with Gasteiger partial charge in [0.1, 0.15) is 23.1 Å². The van der Waals surface area contributed by atoms with Crippen LogP contribution in [-0.4, -0.2) is 22.8 Å². The number of thioether (sulfide) groups is 1. The molecule has 5 rings (SSSR count). The molecule has 0 radical (unpaired) electrons. The quantitative estimate of drug-likeness (QED) is 0.391. The number of carbonyl (C=O) groups is 1. The van der Waals surface area contributed by atoms with Gasteiger partial charge in [-0.15, -0.1) is 0 Å². The summed E-state index contributed by atoms with van der Waals surface area (Å²) in [4.78, 5) is 12.9. The number of hydrogen-bond acceptors (Lipinski definition) is 5. The number of hydrogen-bond donors (Lipinski definition) is 1. The summed E-state index contributed by atoms with van der Waals surface area (Å²) in [6.45, 7) is 0. The molecule has 1 aromatic heterocycles. The van der Waals surface area contributed by atoms with Crippen LogP contribution in [0.3, 0.4) is 0 Å². The van der Waals surface area contributed by atoms with E-state index in [1.165, 1.54) is 0 Å². The highest BCUT2D eigenvalue weighted by atomic mass is 32.2. The van der Waals surface area contributed by atoms with E-state index >= 15 is 0 Å². The lowest BCUT2D eigenvalue weighted by Gasteiger charge is -2.12. The van der Waals surface area contributed by atoms with Crippen molar-refractivity contribution in [2.45, 2.75) is 17.9 Å². The SMILES string of the molecule is COc1ccc(CC(=O)Nc2c3c(nn2-c2ccc(Oc4ccccc4)cc2)CSC3)cc1. The van der Waals surface area contributed by atoms with Crippen molar-refractivity contribution in [2.24, 2.45) is 0 Å². The summed E-state index contributed by atoms with van der Waals surface area (Å²) in [5.74, 6) is 4.64. The van der Waals surface area contributed by atoms with Crippen LogP contribution in [0.5, 0.6) is 17.2 Å². The number of methoxy groups -OCH3 is 1. The number of rotatable bonds is 7. The molecule has 7 heteroatoms. The predicted octanol–water partition coefficient (Wildman–Crippen LogP) is 5.60. The van der Waals surface area contributed by atoms with E-state index in [2.05, 4.69) is 5.32 Å². The molecular formula is C26H23N3O3S. The molecule has 6 nitrogen and oxygen atoms in total. The fourth-order valence-corrected chi connectivity index (χ4v) is 4.75. The second-order valence-electron chi connectivity index (χ2n) is 7.66. The molecule has 0 fully saturated rings. The maximum absolute atomic E-state index is 12.9. The average Bonchev–Trinajstić information content (AvgIpc) is 3.43. The van der Waals surface area contributed by atoms with Gasteiger partial charge in [-0.2, -0.15) is 16.9 Å². The van der Waals surface area contributed by atoms with Crippen LogP contribution in [0.1, 0.15) is 16.8 Å². The molecule has 3 aromatic carbocycles. The second kappa shape index (κ2) is 9.42. The minimum absolute atomic E-state index is 0.0787. The van der Waals surface area contributed by atoms with Gasteiger partial charge >= 0.3 is 0 Å². The lowest BCUT2D eigenvalue weighted by Crippen LogP contribution is -2.18. The summed E-state index contributed by atoms with van der Waals surface area (Å²) >= 11 is 1.81. The molecule has 1 N–H and O–H groups in total. The number of fused-ring (bicyclic) bond motifs is 1. The Balaban J connectivity index is 1.36. The molecule has 1 aliphatic rings. The minimum atomic E-state index is -0.0787. The van der Waals surface area contributed by atoms with E-state index in [-0.39, 0.29) is 12.3 Å². The van der Waals surface area contributed by atoms with Crippen molar-refractivity contribution in [1.82, 2.24) is 9.78 Å². The highest BCUT2D eigenvalue weighted by Crippen LogP contribution is 2.36. The Labute approximate surface area is 196 Å². The number of nitrogens with one attached hydrogen (secondary N) is 1. The predicted molar refractivity (Wildman–Crippen MR) is 130 cm³/mol. The summed E-state index contributed by atoms with van der Waals surface area (Å²) in [6, 6.07) is 24.9. The topological polar surface area (TPSA) is 65.4 Å². The van der Waals surface area contributed by atoms with Gasteiger partial charge in [0.2, 0.25) is 5.91 Å². The van der Waals surface area contributed by atoms with E-state index in [1.807, 2.05) is 83.5 Å². The van der Waals surface area contributed by atoms with Crippen LogP contribution in [-0.2, 0) is 22.7 Å². The third-order valence-electron chi connectivity index (χ3n) is 5.39. The van der Waals surface area contributed by atoms with Gasteiger partial charge in [0.15, 0.2) is 0 Å². The van der Waals surface area contributed by atoms with Gasteiger partial charge in [-0.3, -0.25) is 4.79 Å². The molecule has 33 heavy (non-hydrogen) atoms. The highest BCUT2D eigenvalue weighted by Gasteiger charge is 2.24. The Kier molecular flexibility index (Phi) is 6.04. The summed E-state index contributed by atoms with van der Waals surface area (Å²) in [6.07, 6.45) is 0.279. The van der Waals surface area contributed by atoms with Gasteiger partial charge in [-0.25, -0.2) is 4.68 Å². The van der Waals surface area contributed by atoms with Crippen LogP contribution in [0.15, 0.2) is 78.9 Å². The lowest BCUT2D eigenvalue weighted by molar-refractivity contribution is -0.115. The maximum atomic E-state index is 12.9. The fourth-order valence-electron chi connectivity index (χ4n) is 3.71. The Morgan fingerprint density at radius 2 is 1.64 bits per heavy atom. The van der Waals surface area contributed by atoms with Crippen molar-refractivity contribution in [3.05, 3.63) is 95.7 Å². The lowest BCUT2D eigenvalue weighted by atomic mass is 10.1. The van der Waals surface area contributed by atoms with Gasteiger partial charge in [0.05, 0.1) is 24.9 Å². The Morgan fingerprint density at radius 3 is 2.36 bits per heavy atom. The third-order valence-corrected chi connectivity index (χ3v) is 6.36. The van der Waals surface area contributed by atoms with E-state index in [0.717, 1.165) is 57.1 Å². The van der Waals surface area contributed by atoms with Crippen LogP contribution >= 0.6 is 11.8 Å². The smallest absolute Gasteiger partial charge is 0.229 e. The molecule has 0 saturated heterocycles. The van der Waals surface area contributed by atoms with Gasteiger partial charge < -0.3 is 14.8 Å². The largest absolute Gasteiger partial charge is 0.497 e. The molecule has 1 aliphatic heterocycles. The number of ether oxygens (including phenoxy) is 2. The molecule has 0 atom stereocenters. The molecule has 0 saturated carbocycles. The van der Waals surface area contributed by atoms with E-state index in [9.17, 15) is 4.79 Å². The molecule has 166 valence electrons. The normalized spacial score (nSPS) is 12.3. The van der Waals surface area contributed by atoms with Crippen LogP contribution in [0.4, 0.5) is 5.82 Å². The monoisotopic (exact) mass is 457 g/mol. The van der Waals surface area contributed by atoms with Gasteiger partial charge in [0, 0.05) is 17.1 Å².